The predicted octanol–water partition coefficient (Wildman–Crippen LogP) is 4.04. The van der Waals surface area contributed by atoms with Crippen molar-refractivity contribution in [3.05, 3.63) is 66.9 Å². The number of alkyl halides is 3. The van der Waals surface area contributed by atoms with Crippen LogP contribution in [0.25, 0.3) is 16.9 Å². The molecule has 238 valence electrons. The van der Waals surface area contributed by atoms with E-state index in [9.17, 15) is 22.7 Å². The van der Waals surface area contributed by atoms with Crippen LogP contribution in [0.5, 0.6) is 0 Å². The van der Waals surface area contributed by atoms with Gasteiger partial charge in [-0.25, -0.2) is 23.8 Å². The Bertz CT molecular complexity index is 1590. The van der Waals surface area contributed by atoms with E-state index < -0.39 is 12.1 Å². The number of aliphatic carboxylic acids is 1. The zero-order valence-corrected chi connectivity index (χ0v) is 23.9. The molecule has 0 saturated carbocycles. The monoisotopic (exact) mass is 630 g/mol. The summed E-state index contributed by atoms with van der Waals surface area (Å²) in [5, 5.41) is 24.7. The summed E-state index contributed by atoms with van der Waals surface area (Å²) in [5.41, 5.74) is 3.83. The Morgan fingerprint density at radius 2 is 1.62 bits per heavy atom. The molecule has 45 heavy (non-hydrogen) atoms. The number of anilines is 4. The van der Waals surface area contributed by atoms with Gasteiger partial charge in [-0.05, 0) is 61.4 Å². The number of hydrogen-bond acceptors (Lipinski definition) is 10. The van der Waals surface area contributed by atoms with Gasteiger partial charge in [-0.3, -0.25) is 0 Å². The number of benzene rings is 2. The van der Waals surface area contributed by atoms with Gasteiger partial charge >= 0.3 is 12.1 Å². The maximum absolute atomic E-state index is 14.5. The molecule has 2 aromatic carbocycles. The van der Waals surface area contributed by atoms with Crippen molar-refractivity contribution < 1.29 is 37.3 Å². The van der Waals surface area contributed by atoms with Gasteiger partial charge in [0, 0.05) is 49.3 Å². The van der Waals surface area contributed by atoms with Crippen LogP contribution in [0.1, 0.15) is 12.8 Å². The summed E-state index contributed by atoms with van der Waals surface area (Å²) in [6, 6.07) is 14.5. The molecule has 0 aliphatic carbocycles. The molecule has 2 fully saturated rings. The second-order valence-electron chi connectivity index (χ2n) is 10.2. The van der Waals surface area contributed by atoms with E-state index >= 15 is 0 Å². The molecule has 0 spiro atoms. The Morgan fingerprint density at radius 1 is 0.933 bits per heavy atom. The van der Waals surface area contributed by atoms with Gasteiger partial charge in [0.2, 0.25) is 11.9 Å². The van der Waals surface area contributed by atoms with Crippen LogP contribution in [0.2, 0.25) is 0 Å². The van der Waals surface area contributed by atoms with Crippen molar-refractivity contribution >= 4 is 29.2 Å². The zero-order chi connectivity index (χ0) is 32.0. The fourth-order valence-corrected chi connectivity index (χ4v) is 4.72. The lowest BCUT2D eigenvalue weighted by atomic mass is 10.1. The summed E-state index contributed by atoms with van der Waals surface area (Å²) in [7, 11) is 0. The molecule has 2 saturated heterocycles. The normalized spacial score (nSPS) is 15.8. The number of ether oxygens (including phenoxy) is 1. The third-order valence-electron chi connectivity index (χ3n) is 7.07. The first kappa shape index (κ1) is 31.6. The lowest BCUT2D eigenvalue weighted by Gasteiger charge is -2.29. The summed E-state index contributed by atoms with van der Waals surface area (Å²) in [6.45, 7) is 4.22. The molecule has 2 aliphatic rings. The second-order valence-corrected chi connectivity index (χ2v) is 10.2. The number of aliphatic hydroxyl groups is 1. The van der Waals surface area contributed by atoms with Gasteiger partial charge in [-0.2, -0.15) is 18.2 Å². The molecule has 0 amide bonds. The average molecular weight is 631 g/mol. The van der Waals surface area contributed by atoms with Crippen molar-refractivity contribution in [1.29, 1.82) is 0 Å². The lowest BCUT2D eigenvalue weighted by Crippen LogP contribution is -2.36. The van der Waals surface area contributed by atoms with Crippen molar-refractivity contribution in [2.45, 2.75) is 25.1 Å². The molecular weight excluding hydrogens is 600 g/mol. The highest BCUT2D eigenvalue weighted by atomic mass is 19.4. The summed E-state index contributed by atoms with van der Waals surface area (Å²) in [6.07, 6.45) is -0.507. The number of nitrogens with one attached hydrogen (secondary N) is 1. The molecule has 6 rings (SSSR count). The molecule has 2 aliphatic heterocycles. The van der Waals surface area contributed by atoms with Crippen molar-refractivity contribution in [2.24, 2.45) is 0 Å². The fraction of sp³-hybridized carbons (Fsp3) is 0.345. The van der Waals surface area contributed by atoms with E-state index in [1.165, 1.54) is 6.07 Å². The summed E-state index contributed by atoms with van der Waals surface area (Å²) < 4.78 is 53.4. The second kappa shape index (κ2) is 13.9. The average Bonchev–Trinajstić information content (AvgIpc) is 3.52. The Balaban J connectivity index is 0.000000515. The first-order valence-electron chi connectivity index (χ1n) is 14.0. The Labute approximate surface area is 254 Å². The molecule has 0 radical (unpaired) electrons. The predicted molar refractivity (Wildman–Crippen MR) is 156 cm³/mol. The number of hydrogen-bond donors (Lipinski definition) is 3. The number of nitrogens with zero attached hydrogens (tertiary/aromatic N) is 7. The number of halogens is 4. The minimum Gasteiger partial charge on any atom is -0.475 e. The quantitative estimate of drug-likeness (QED) is 0.266. The number of piperidine rings is 1. The topological polar surface area (TPSA) is 142 Å². The molecular formula is C29H30F4N8O4. The fourth-order valence-electron chi connectivity index (χ4n) is 4.72. The van der Waals surface area contributed by atoms with E-state index in [0.29, 0.717) is 36.4 Å². The van der Waals surface area contributed by atoms with Crippen molar-refractivity contribution in [2.75, 3.05) is 54.5 Å². The van der Waals surface area contributed by atoms with Crippen LogP contribution in [0.3, 0.4) is 0 Å². The molecule has 3 N–H and O–H groups in total. The third-order valence-corrected chi connectivity index (χ3v) is 7.07. The van der Waals surface area contributed by atoms with Gasteiger partial charge in [0.15, 0.2) is 0 Å². The van der Waals surface area contributed by atoms with Crippen LogP contribution in [-0.2, 0) is 9.53 Å². The highest BCUT2D eigenvalue weighted by Crippen LogP contribution is 2.27. The van der Waals surface area contributed by atoms with Crippen LogP contribution in [0.4, 0.5) is 40.8 Å². The molecule has 4 heterocycles. The standard InChI is InChI=1S/C27H29FN8O2.C2HF3O2/c28-20-15-19(16-23(17-20)34-11-13-38-14-12-34)25-5-8-29-26(32-25)31-21-1-3-22(4-2-21)36-18-30-27(33-36)35-9-6-24(37)7-10-35;3-2(4,5)1(6)7/h1-5,8,15-18,24,37H,6-7,9-14H2,(H,29,31,32);(H,6,7). The smallest absolute Gasteiger partial charge is 0.475 e. The van der Waals surface area contributed by atoms with Crippen molar-refractivity contribution in [1.82, 2.24) is 24.7 Å². The van der Waals surface area contributed by atoms with Crippen LogP contribution in [-0.4, -0.2) is 92.6 Å². The molecule has 0 bridgehead atoms. The van der Waals surface area contributed by atoms with E-state index in [2.05, 4.69) is 35.2 Å². The summed E-state index contributed by atoms with van der Waals surface area (Å²) in [4.78, 5) is 26.5. The zero-order valence-electron chi connectivity index (χ0n) is 23.9. The maximum atomic E-state index is 14.5. The molecule has 0 atom stereocenters. The number of carboxylic acids is 1. The van der Waals surface area contributed by atoms with Gasteiger partial charge in [-0.1, -0.05) is 0 Å². The minimum atomic E-state index is -5.08. The van der Waals surface area contributed by atoms with E-state index in [0.717, 1.165) is 56.1 Å². The number of carboxylic acid groups (broad SMARTS) is 1. The van der Waals surface area contributed by atoms with E-state index in [1.807, 2.05) is 30.3 Å². The van der Waals surface area contributed by atoms with Crippen LogP contribution < -0.4 is 15.1 Å². The van der Waals surface area contributed by atoms with E-state index in [-0.39, 0.29) is 11.9 Å². The first-order chi connectivity index (χ1) is 21.5. The highest BCUT2D eigenvalue weighted by molar-refractivity contribution is 5.73. The number of aromatic nitrogens is 5. The summed E-state index contributed by atoms with van der Waals surface area (Å²) >= 11 is 0. The van der Waals surface area contributed by atoms with E-state index in [1.54, 1.807) is 29.3 Å². The van der Waals surface area contributed by atoms with Crippen LogP contribution in [0.15, 0.2) is 61.1 Å². The lowest BCUT2D eigenvalue weighted by molar-refractivity contribution is -0.192. The van der Waals surface area contributed by atoms with Gasteiger partial charge < -0.3 is 30.1 Å². The highest BCUT2D eigenvalue weighted by Gasteiger charge is 2.38. The molecule has 4 aromatic rings. The maximum Gasteiger partial charge on any atom is 0.490 e. The number of carbonyl (C=O) groups is 1. The molecule has 2 aromatic heterocycles. The number of rotatable bonds is 6. The minimum absolute atomic E-state index is 0.237. The number of aliphatic hydroxyl groups excluding tert-OH is 1. The molecule has 16 heteroatoms. The van der Waals surface area contributed by atoms with Gasteiger partial charge in [-0.15, -0.1) is 5.10 Å². The van der Waals surface area contributed by atoms with Gasteiger partial charge in [0.25, 0.3) is 0 Å². The van der Waals surface area contributed by atoms with Crippen LogP contribution in [0, 0.1) is 5.82 Å². The summed E-state index contributed by atoms with van der Waals surface area (Å²) in [5.74, 6) is -1.98. The van der Waals surface area contributed by atoms with Gasteiger partial charge in [0.05, 0.1) is 30.7 Å². The number of morpholine rings is 1. The molecule has 0 unspecified atom stereocenters. The van der Waals surface area contributed by atoms with Gasteiger partial charge in [0.1, 0.15) is 12.1 Å². The molecule has 12 nitrogen and oxygen atoms in total. The van der Waals surface area contributed by atoms with Crippen molar-refractivity contribution in [3.63, 3.8) is 0 Å². The van der Waals surface area contributed by atoms with Crippen molar-refractivity contribution in [3.8, 4) is 16.9 Å². The van der Waals surface area contributed by atoms with E-state index in [4.69, 9.17) is 14.6 Å². The Kier molecular flexibility index (Phi) is 9.73. The SMILES string of the molecule is O=C(O)C(F)(F)F.OC1CCN(c2ncn(-c3ccc(Nc4nccc(-c5cc(F)cc(N6CCOCC6)c5)n4)cc3)n2)CC1. The largest absolute Gasteiger partial charge is 0.490 e. The van der Waals surface area contributed by atoms with Crippen LogP contribution >= 0.6 is 0 Å². The third kappa shape index (κ3) is 8.42. The first-order valence-corrected chi connectivity index (χ1v) is 14.0. The Morgan fingerprint density at radius 3 is 2.29 bits per heavy atom. The Hall–Kier alpha value is -4.83.